The Morgan fingerprint density at radius 1 is 1.43 bits per heavy atom. The summed E-state index contributed by atoms with van der Waals surface area (Å²) in [7, 11) is 0. The molecular weight excluding hydrogens is 260 g/mol. The molecule has 0 bridgehead atoms. The van der Waals surface area contributed by atoms with Crippen molar-refractivity contribution in [2.24, 2.45) is 0 Å². The first-order chi connectivity index (χ1) is 6.86. The molecule has 0 aliphatic carbocycles. The molecule has 14 heavy (non-hydrogen) atoms. The lowest BCUT2D eigenvalue weighted by Crippen LogP contribution is -1.97. The molecule has 0 amide bonds. The molecule has 2 rings (SSSR count). The highest BCUT2D eigenvalue weighted by atomic mass is 79.9. The van der Waals surface area contributed by atoms with Crippen LogP contribution in [0.15, 0.2) is 40.4 Å². The van der Waals surface area contributed by atoms with Gasteiger partial charge in [-0.25, -0.2) is 0 Å². The number of thiophene rings is 1. The number of anilines is 1. The average molecular weight is 269 g/mol. The predicted octanol–water partition coefficient (Wildman–Crippen LogP) is 3.52. The van der Waals surface area contributed by atoms with E-state index in [0.29, 0.717) is 0 Å². The largest absolute Gasteiger partial charge is 0.379 e. The fraction of sp³-hybridized carbons (Fsp3) is 0.100. The normalized spacial score (nSPS) is 10.1. The lowest BCUT2D eigenvalue weighted by Gasteiger charge is -2.05. The second-order valence-corrected chi connectivity index (χ2v) is 4.68. The van der Waals surface area contributed by atoms with Gasteiger partial charge >= 0.3 is 0 Å². The highest BCUT2D eigenvalue weighted by Gasteiger charge is 1.98. The minimum Gasteiger partial charge on any atom is -0.379 e. The van der Waals surface area contributed by atoms with Crippen molar-refractivity contribution >= 4 is 33.0 Å². The van der Waals surface area contributed by atoms with Crippen LogP contribution >= 0.6 is 27.3 Å². The first-order valence-corrected chi connectivity index (χ1v) is 5.89. The van der Waals surface area contributed by atoms with Gasteiger partial charge in [0.25, 0.3) is 0 Å². The Kier molecular flexibility index (Phi) is 3.16. The lowest BCUT2D eigenvalue weighted by molar-refractivity contribution is 1.17. The van der Waals surface area contributed by atoms with E-state index in [0.717, 1.165) is 16.7 Å². The van der Waals surface area contributed by atoms with E-state index in [1.165, 1.54) is 4.88 Å². The van der Waals surface area contributed by atoms with Gasteiger partial charge in [-0.05, 0) is 33.4 Å². The fourth-order valence-electron chi connectivity index (χ4n) is 1.11. The van der Waals surface area contributed by atoms with Crippen LogP contribution in [0.25, 0.3) is 0 Å². The van der Waals surface area contributed by atoms with E-state index in [2.05, 4.69) is 43.7 Å². The quantitative estimate of drug-likeness (QED) is 0.922. The number of pyridine rings is 1. The summed E-state index contributed by atoms with van der Waals surface area (Å²) in [6, 6.07) is 6.13. The van der Waals surface area contributed by atoms with Gasteiger partial charge in [0.05, 0.1) is 10.2 Å². The van der Waals surface area contributed by atoms with Crippen molar-refractivity contribution in [2.45, 2.75) is 6.54 Å². The first-order valence-electron chi connectivity index (χ1n) is 4.22. The van der Waals surface area contributed by atoms with Crippen molar-refractivity contribution in [2.75, 3.05) is 5.32 Å². The van der Waals surface area contributed by atoms with Gasteiger partial charge in [-0.3, -0.25) is 4.98 Å². The van der Waals surface area contributed by atoms with Crippen molar-refractivity contribution in [3.63, 3.8) is 0 Å². The monoisotopic (exact) mass is 268 g/mol. The minimum absolute atomic E-state index is 0.861. The number of nitrogens with one attached hydrogen (secondary N) is 1. The van der Waals surface area contributed by atoms with Gasteiger partial charge in [-0.15, -0.1) is 11.3 Å². The summed E-state index contributed by atoms with van der Waals surface area (Å²) in [5.41, 5.74) is 1.08. The highest BCUT2D eigenvalue weighted by molar-refractivity contribution is 9.10. The molecule has 0 fully saturated rings. The minimum atomic E-state index is 0.861. The average Bonchev–Trinajstić information content (AvgIpc) is 2.69. The van der Waals surface area contributed by atoms with Gasteiger partial charge in [-0.1, -0.05) is 6.07 Å². The molecule has 2 heterocycles. The molecule has 0 radical (unpaired) electrons. The number of nitrogens with zero attached hydrogens (tertiary/aromatic N) is 1. The molecule has 2 nitrogen and oxygen atoms in total. The molecule has 0 aromatic carbocycles. The molecule has 1 N–H and O–H groups in total. The maximum Gasteiger partial charge on any atom is 0.0590 e. The molecule has 2 aromatic heterocycles. The van der Waals surface area contributed by atoms with Crippen molar-refractivity contribution in [1.29, 1.82) is 0 Å². The van der Waals surface area contributed by atoms with Crippen LogP contribution in [-0.2, 0) is 6.54 Å². The number of halogens is 1. The summed E-state index contributed by atoms with van der Waals surface area (Å²) in [6.45, 7) is 0.861. The van der Waals surface area contributed by atoms with Crippen LogP contribution in [0.4, 0.5) is 5.69 Å². The maximum atomic E-state index is 4.01. The second kappa shape index (κ2) is 4.57. The summed E-state index contributed by atoms with van der Waals surface area (Å²) >= 11 is 5.19. The first kappa shape index (κ1) is 9.68. The third-order valence-corrected chi connectivity index (χ3v) is 3.31. The number of hydrogen-bond acceptors (Lipinski definition) is 3. The predicted molar refractivity (Wildman–Crippen MR) is 63.6 cm³/mol. The van der Waals surface area contributed by atoms with Gasteiger partial charge in [0, 0.05) is 23.8 Å². The van der Waals surface area contributed by atoms with E-state index in [4.69, 9.17) is 0 Å². The van der Waals surface area contributed by atoms with Crippen LogP contribution in [0, 0.1) is 0 Å². The lowest BCUT2D eigenvalue weighted by atomic mass is 10.4. The molecule has 0 aliphatic heterocycles. The highest BCUT2D eigenvalue weighted by Crippen LogP contribution is 2.21. The molecule has 0 unspecified atom stereocenters. The molecule has 2 aromatic rings. The summed E-state index contributed by atoms with van der Waals surface area (Å²) in [5.74, 6) is 0. The number of aromatic nitrogens is 1. The van der Waals surface area contributed by atoms with E-state index >= 15 is 0 Å². The molecule has 0 spiro atoms. The van der Waals surface area contributed by atoms with E-state index in [-0.39, 0.29) is 0 Å². The zero-order chi connectivity index (χ0) is 9.80. The Hall–Kier alpha value is -0.870. The molecule has 0 atom stereocenters. The standard InChI is InChI=1S/C10H9BrN2S/c11-9-7-12-4-3-10(9)13-6-8-2-1-5-14-8/h1-5,7H,6H2,(H,12,13). The Morgan fingerprint density at radius 3 is 3.07 bits per heavy atom. The van der Waals surface area contributed by atoms with E-state index in [9.17, 15) is 0 Å². The second-order valence-electron chi connectivity index (χ2n) is 2.79. The summed E-state index contributed by atoms with van der Waals surface area (Å²) in [6.07, 6.45) is 3.57. The summed E-state index contributed by atoms with van der Waals surface area (Å²) in [4.78, 5) is 5.33. The van der Waals surface area contributed by atoms with Gasteiger partial charge in [0.1, 0.15) is 0 Å². The third kappa shape index (κ3) is 2.33. The zero-order valence-corrected chi connectivity index (χ0v) is 9.81. The van der Waals surface area contributed by atoms with E-state index in [1.54, 1.807) is 23.7 Å². The fourth-order valence-corrected chi connectivity index (χ4v) is 2.15. The van der Waals surface area contributed by atoms with Gasteiger partial charge in [0.2, 0.25) is 0 Å². The topological polar surface area (TPSA) is 24.9 Å². The molecular formula is C10H9BrN2S. The smallest absolute Gasteiger partial charge is 0.0590 e. The SMILES string of the molecule is Brc1cnccc1NCc1cccs1. The molecule has 0 aliphatic rings. The van der Waals surface area contributed by atoms with Gasteiger partial charge < -0.3 is 5.32 Å². The van der Waals surface area contributed by atoms with Crippen LogP contribution in [0.3, 0.4) is 0 Å². The molecule has 0 saturated heterocycles. The van der Waals surface area contributed by atoms with Gasteiger partial charge in [0.15, 0.2) is 0 Å². The van der Waals surface area contributed by atoms with Crippen LogP contribution in [-0.4, -0.2) is 4.98 Å². The van der Waals surface area contributed by atoms with Crippen molar-refractivity contribution in [3.05, 3.63) is 45.3 Å². The van der Waals surface area contributed by atoms with Crippen LogP contribution < -0.4 is 5.32 Å². The molecule has 72 valence electrons. The zero-order valence-electron chi connectivity index (χ0n) is 7.40. The Morgan fingerprint density at radius 2 is 2.36 bits per heavy atom. The summed E-state index contributed by atoms with van der Waals surface area (Å²) < 4.78 is 0.997. The van der Waals surface area contributed by atoms with Crippen molar-refractivity contribution in [3.8, 4) is 0 Å². The Labute approximate surface area is 95.1 Å². The maximum absolute atomic E-state index is 4.01. The molecule has 4 heteroatoms. The van der Waals surface area contributed by atoms with Crippen molar-refractivity contribution < 1.29 is 0 Å². The number of rotatable bonds is 3. The Bertz CT molecular complexity index is 400. The summed E-state index contributed by atoms with van der Waals surface area (Å²) in [5, 5.41) is 5.42. The van der Waals surface area contributed by atoms with Gasteiger partial charge in [-0.2, -0.15) is 0 Å². The van der Waals surface area contributed by atoms with Crippen LogP contribution in [0.1, 0.15) is 4.88 Å². The Balaban J connectivity index is 2.02. The number of hydrogen-bond donors (Lipinski definition) is 1. The van der Waals surface area contributed by atoms with Crippen molar-refractivity contribution in [1.82, 2.24) is 4.98 Å². The van der Waals surface area contributed by atoms with E-state index < -0.39 is 0 Å². The van der Waals surface area contributed by atoms with E-state index in [1.807, 2.05) is 6.07 Å². The van der Waals surface area contributed by atoms with Crippen LogP contribution in [0.2, 0.25) is 0 Å². The third-order valence-electron chi connectivity index (χ3n) is 1.81. The molecule has 0 saturated carbocycles. The van der Waals surface area contributed by atoms with Crippen LogP contribution in [0.5, 0.6) is 0 Å².